The van der Waals surface area contributed by atoms with Gasteiger partial charge in [0.2, 0.25) is 5.91 Å². The van der Waals surface area contributed by atoms with Gasteiger partial charge in [-0.15, -0.1) is 0 Å². The Labute approximate surface area is 127 Å². The monoisotopic (exact) mass is 306 g/mol. The zero-order valence-electron chi connectivity index (χ0n) is 12.2. The molecule has 0 spiro atoms. The van der Waals surface area contributed by atoms with Gasteiger partial charge in [0, 0.05) is 6.42 Å². The molecule has 0 fully saturated rings. The third-order valence-electron chi connectivity index (χ3n) is 3.37. The maximum Gasteiger partial charge on any atom is 0.237 e. The van der Waals surface area contributed by atoms with Crippen LogP contribution in [0.2, 0.25) is 0 Å². The summed E-state index contributed by atoms with van der Waals surface area (Å²) in [5.74, 6) is -0.232. The van der Waals surface area contributed by atoms with Gasteiger partial charge in [0.05, 0.1) is 24.5 Å². The third-order valence-corrected chi connectivity index (χ3v) is 3.37. The molecule has 3 unspecified atom stereocenters. The second-order valence-corrected chi connectivity index (χ2v) is 5.19. The van der Waals surface area contributed by atoms with E-state index >= 15 is 0 Å². The Morgan fingerprint density at radius 3 is 2.82 bits per heavy atom. The van der Waals surface area contributed by atoms with Crippen molar-refractivity contribution >= 4 is 5.91 Å². The molecule has 1 aromatic carbocycles. The fourth-order valence-corrected chi connectivity index (χ4v) is 2.13. The quantitative estimate of drug-likeness (QED) is 0.755. The van der Waals surface area contributed by atoms with Crippen molar-refractivity contribution in [3.8, 4) is 0 Å². The minimum atomic E-state index is -1.02. The van der Waals surface area contributed by atoms with Gasteiger partial charge in [0.15, 0.2) is 0 Å². The zero-order chi connectivity index (χ0) is 16.1. The van der Waals surface area contributed by atoms with E-state index in [4.69, 9.17) is 10.2 Å². The summed E-state index contributed by atoms with van der Waals surface area (Å²) in [6, 6.07) is 7.69. The van der Waals surface area contributed by atoms with E-state index in [9.17, 15) is 14.3 Å². The van der Waals surface area contributed by atoms with Crippen molar-refractivity contribution in [3.05, 3.63) is 59.8 Å². The third kappa shape index (κ3) is 4.16. The minimum absolute atomic E-state index is 0.265. The van der Waals surface area contributed by atoms with Gasteiger partial charge in [-0.05, 0) is 36.8 Å². The van der Waals surface area contributed by atoms with Crippen LogP contribution < -0.4 is 11.1 Å². The number of carbonyl (C=O) groups is 1. The molecule has 0 saturated carbocycles. The van der Waals surface area contributed by atoms with Gasteiger partial charge in [0.1, 0.15) is 11.6 Å². The van der Waals surface area contributed by atoms with Gasteiger partial charge in [-0.2, -0.15) is 0 Å². The molecule has 0 saturated heterocycles. The van der Waals surface area contributed by atoms with E-state index in [1.165, 1.54) is 24.5 Å². The highest BCUT2D eigenvalue weighted by atomic mass is 19.1. The molecule has 4 N–H and O–H groups in total. The summed E-state index contributed by atoms with van der Waals surface area (Å²) in [6.07, 6.45) is 0.758. The standard InChI is InChI=1S/C16H19FN2O3/c1-10(15(20)11-4-2-5-12(17)8-11)19-16(21)14(18)9-13-6-3-7-22-13/h2-8,10,14-15,20H,9,18H2,1H3,(H,19,21). The van der Waals surface area contributed by atoms with Crippen molar-refractivity contribution in [2.24, 2.45) is 5.73 Å². The lowest BCUT2D eigenvalue weighted by Gasteiger charge is -2.22. The Kier molecular flexibility index (Phi) is 5.30. The Morgan fingerprint density at radius 2 is 2.18 bits per heavy atom. The molecule has 0 aliphatic heterocycles. The number of carbonyl (C=O) groups excluding carboxylic acids is 1. The maximum atomic E-state index is 13.2. The van der Waals surface area contributed by atoms with E-state index in [2.05, 4.69) is 5.32 Å². The van der Waals surface area contributed by atoms with Crippen molar-refractivity contribution in [2.75, 3.05) is 0 Å². The molecule has 2 rings (SSSR count). The van der Waals surface area contributed by atoms with E-state index in [1.54, 1.807) is 25.1 Å². The molecule has 0 aliphatic carbocycles. The van der Waals surface area contributed by atoms with E-state index in [-0.39, 0.29) is 6.42 Å². The summed E-state index contributed by atoms with van der Waals surface area (Å²) in [7, 11) is 0. The van der Waals surface area contributed by atoms with Crippen LogP contribution in [0.5, 0.6) is 0 Å². The van der Waals surface area contributed by atoms with Crippen molar-refractivity contribution in [1.29, 1.82) is 0 Å². The largest absolute Gasteiger partial charge is 0.469 e. The molecule has 22 heavy (non-hydrogen) atoms. The summed E-state index contributed by atoms with van der Waals surface area (Å²) >= 11 is 0. The van der Waals surface area contributed by atoms with E-state index in [1.807, 2.05) is 0 Å². The maximum absolute atomic E-state index is 13.2. The first-order valence-electron chi connectivity index (χ1n) is 6.99. The van der Waals surface area contributed by atoms with Crippen molar-refractivity contribution in [2.45, 2.75) is 31.5 Å². The van der Waals surface area contributed by atoms with Gasteiger partial charge in [-0.25, -0.2) is 4.39 Å². The van der Waals surface area contributed by atoms with Crippen LogP contribution in [-0.4, -0.2) is 23.1 Å². The summed E-state index contributed by atoms with van der Waals surface area (Å²) in [5.41, 5.74) is 6.20. The predicted octanol–water partition coefficient (Wildman–Crippen LogP) is 1.53. The summed E-state index contributed by atoms with van der Waals surface area (Å²) < 4.78 is 18.3. The summed E-state index contributed by atoms with van der Waals surface area (Å²) in [5, 5.41) is 12.8. The topological polar surface area (TPSA) is 88.5 Å². The average Bonchev–Trinajstić information content (AvgIpc) is 2.99. The number of halogens is 1. The number of aliphatic hydroxyl groups excluding tert-OH is 1. The minimum Gasteiger partial charge on any atom is -0.469 e. The van der Waals surface area contributed by atoms with Gasteiger partial charge in [0.25, 0.3) is 0 Å². The number of amides is 1. The van der Waals surface area contributed by atoms with Gasteiger partial charge in [-0.1, -0.05) is 12.1 Å². The van der Waals surface area contributed by atoms with Crippen LogP contribution in [0.3, 0.4) is 0 Å². The first kappa shape index (κ1) is 16.2. The lowest BCUT2D eigenvalue weighted by atomic mass is 10.0. The van der Waals surface area contributed by atoms with Gasteiger partial charge >= 0.3 is 0 Å². The van der Waals surface area contributed by atoms with Crippen LogP contribution in [0.25, 0.3) is 0 Å². The van der Waals surface area contributed by atoms with E-state index in [0.717, 1.165) is 0 Å². The van der Waals surface area contributed by atoms with Crippen LogP contribution in [0.4, 0.5) is 4.39 Å². The number of benzene rings is 1. The van der Waals surface area contributed by atoms with E-state index in [0.29, 0.717) is 11.3 Å². The number of hydrogen-bond donors (Lipinski definition) is 3. The Bertz CT molecular complexity index is 616. The predicted molar refractivity (Wildman–Crippen MR) is 79.4 cm³/mol. The number of rotatable bonds is 6. The number of furan rings is 1. The molecule has 1 amide bonds. The fourth-order valence-electron chi connectivity index (χ4n) is 2.13. The number of nitrogens with two attached hydrogens (primary N) is 1. The molecule has 1 heterocycles. The molecule has 5 nitrogen and oxygen atoms in total. The lowest BCUT2D eigenvalue weighted by molar-refractivity contribution is -0.123. The highest BCUT2D eigenvalue weighted by molar-refractivity contribution is 5.82. The Morgan fingerprint density at radius 1 is 1.41 bits per heavy atom. The second-order valence-electron chi connectivity index (χ2n) is 5.19. The van der Waals surface area contributed by atoms with Crippen molar-refractivity contribution < 1.29 is 18.7 Å². The molecule has 0 bridgehead atoms. The van der Waals surface area contributed by atoms with Crippen LogP contribution in [0, 0.1) is 5.82 Å². The zero-order valence-corrected chi connectivity index (χ0v) is 12.2. The lowest BCUT2D eigenvalue weighted by Crippen LogP contribution is -2.47. The molecular weight excluding hydrogens is 287 g/mol. The molecule has 3 atom stereocenters. The van der Waals surface area contributed by atoms with Crippen LogP contribution in [0.1, 0.15) is 24.4 Å². The van der Waals surface area contributed by atoms with Crippen LogP contribution in [0.15, 0.2) is 47.1 Å². The summed E-state index contributed by atoms with van der Waals surface area (Å²) in [4.78, 5) is 12.0. The number of nitrogens with one attached hydrogen (secondary N) is 1. The Balaban J connectivity index is 1.92. The fraction of sp³-hybridized carbons (Fsp3) is 0.312. The SMILES string of the molecule is CC(NC(=O)C(N)Cc1ccco1)C(O)c1cccc(F)c1. The normalized spacial score (nSPS) is 15.1. The van der Waals surface area contributed by atoms with Crippen molar-refractivity contribution in [1.82, 2.24) is 5.32 Å². The Hall–Kier alpha value is -2.18. The number of hydrogen-bond acceptors (Lipinski definition) is 4. The molecular formula is C16H19FN2O3. The van der Waals surface area contributed by atoms with Crippen LogP contribution in [-0.2, 0) is 11.2 Å². The van der Waals surface area contributed by atoms with Gasteiger partial charge in [-0.3, -0.25) is 4.79 Å². The molecule has 0 radical (unpaired) electrons. The average molecular weight is 306 g/mol. The highest BCUT2D eigenvalue weighted by Crippen LogP contribution is 2.17. The number of aliphatic hydroxyl groups is 1. The molecule has 6 heteroatoms. The second kappa shape index (κ2) is 7.20. The molecule has 2 aromatic rings. The molecule has 1 aromatic heterocycles. The van der Waals surface area contributed by atoms with Gasteiger partial charge < -0.3 is 20.6 Å². The smallest absolute Gasteiger partial charge is 0.237 e. The highest BCUT2D eigenvalue weighted by Gasteiger charge is 2.22. The molecule has 0 aliphatic rings. The van der Waals surface area contributed by atoms with Crippen LogP contribution >= 0.6 is 0 Å². The summed E-state index contributed by atoms with van der Waals surface area (Å²) in [6.45, 7) is 1.63. The first-order valence-corrected chi connectivity index (χ1v) is 6.99. The molecule has 118 valence electrons. The van der Waals surface area contributed by atoms with Crippen molar-refractivity contribution in [3.63, 3.8) is 0 Å². The first-order chi connectivity index (χ1) is 10.5. The van der Waals surface area contributed by atoms with E-state index < -0.39 is 29.9 Å².